The average molecular weight is 181 g/mol. The predicted octanol–water partition coefficient (Wildman–Crippen LogP) is 1.79. The molecular formula is C6H3N3O2S. The van der Waals surface area contributed by atoms with Crippen LogP contribution in [-0.2, 0) is 0 Å². The van der Waals surface area contributed by atoms with Gasteiger partial charge in [0.05, 0.1) is 11.7 Å². The van der Waals surface area contributed by atoms with Crippen LogP contribution in [0.25, 0.3) is 11.0 Å². The molecule has 1 N–H and O–H groups in total. The van der Waals surface area contributed by atoms with Crippen LogP contribution in [0.3, 0.4) is 0 Å². The molecule has 6 heteroatoms. The van der Waals surface area contributed by atoms with Gasteiger partial charge in [-0.05, 0) is 17.3 Å². The molecule has 0 saturated carbocycles. The van der Waals surface area contributed by atoms with E-state index in [1.807, 2.05) is 0 Å². The number of rotatable bonds is 1. The summed E-state index contributed by atoms with van der Waals surface area (Å²) < 4.78 is 7.69. The molecule has 1 heterocycles. The van der Waals surface area contributed by atoms with Gasteiger partial charge < -0.3 is 5.11 Å². The van der Waals surface area contributed by atoms with Crippen LogP contribution in [0.15, 0.2) is 17.3 Å². The van der Waals surface area contributed by atoms with E-state index in [1.54, 1.807) is 6.07 Å². The molecule has 0 aliphatic carbocycles. The fraction of sp³-hybridized carbons (Fsp3) is 0. The van der Waals surface area contributed by atoms with E-state index >= 15 is 0 Å². The minimum absolute atomic E-state index is 0.00444. The van der Waals surface area contributed by atoms with E-state index in [1.165, 1.54) is 6.07 Å². The molecule has 0 fully saturated rings. The summed E-state index contributed by atoms with van der Waals surface area (Å²) in [6, 6.07) is 3.00. The maximum absolute atomic E-state index is 10.1. The molecule has 12 heavy (non-hydrogen) atoms. The predicted molar refractivity (Wildman–Crippen MR) is 44.5 cm³/mol. The molecule has 1 aromatic carbocycles. The summed E-state index contributed by atoms with van der Waals surface area (Å²) in [7, 11) is 0. The molecule has 0 spiro atoms. The van der Waals surface area contributed by atoms with Crippen molar-refractivity contribution in [3.05, 3.63) is 17.0 Å². The van der Waals surface area contributed by atoms with E-state index < -0.39 is 0 Å². The van der Waals surface area contributed by atoms with Crippen LogP contribution in [0.2, 0.25) is 0 Å². The number of fused-ring (bicyclic) bond motifs is 1. The second kappa shape index (κ2) is 2.49. The SMILES string of the molecule is O=Nc1ccc2nsnc2c1O. The highest BCUT2D eigenvalue weighted by atomic mass is 32.1. The van der Waals surface area contributed by atoms with Crippen LogP contribution in [0.4, 0.5) is 5.69 Å². The second-order valence-electron chi connectivity index (χ2n) is 2.16. The molecule has 0 bridgehead atoms. The third-order valence-electron chi connectivity index (χ3n) is 1.48. The molecule has 0 aliphatic heterocycles. The van der Waals surface area contributed by atoms with Crippen LogP contribution >= 0.6 is 11.7 Å². The largest absolute Gasteiger partial charge is 0.504 e. The molecule has 1 aromatic heterocycles. The van der Waals surface area contributed by atoms with E-state index in [-0.39, 0.29) is 11.4 Å². The first-order valence-electron chi connectivity index (χ1n) is 3.10. The van der Waals surface area contributed by atoms with Crippen molar-refractivity contribution in [3.63, 3.8) is 0 Å². The summed E-state index contributed by atoms with van der Waals surface area (Å²) in [6.45, 7) is 0. The van der Waals surface area contributed by atoms with Crippen LogP contribution < -0.4 is 0 Å². The van der Waals surface area contributed by atoms with Gasteiger partial charge in [-0.15, -0.1) is 4.91 Å². The average Bonchev–Trinajstić information content (AvgIpc) is 2.53. The minimum Gasteiger partial charge on any atom is -0.504 e. The van der Waals surface area contributed by atoms with Crippen LogP contribution in [0.5, 0.6) is 5.75 Å². The highest BCUT2D eigenvalue weighted by Crippen LogP contribution is 2.32. The van der Waals surface area contributed by atoms with Gasteiger partial charge in [0.1, 0.15) is 11.0 Å². The number of hydrogen-bond acceptors (Lipinski definition) is 6. The van der Waals surface area contributed by atoms with Crippen LogP contribution in [-0.4, -0.2) is 13.9 Å². The molecule has 0 atom stereocenters. The lowest BCUT2D eigenvalue weighted by Gasteiger charge is -1.93. The Bertz CT molecular complexity index is 439. The summed E-state index contributed by atoms with van der Waals surface area (Å²) in [5.74, 6) is -0.198. The Balaban J connectivity index is 2.86. The van der Waals surface area contributed by atoms with Crippen molar-refractivity contribution in [1.29, 1.82) is 0 Å². The van der Waals surface area contributed by atoms with Gasteiger partial charge in [-0.25, -0.2) is 0 Å². The fourth-order valence-corrected chi connectivity index (χ4v) is 1.44. The quantitative estimate of drug-likeness (QED) is 0.680. The van der Waals surface area contributed by atoms with E-state index in [0.29, 0.717) is 11.0 Å². The first-order valence-corrected chi connectivity index (χ1v) is 3.83. The van der Waals surface area contributed by atoms with E-state index in [9.17, 15) is 10.0 Å². The lowest BCUT2D eigenvalue weighted by Crippen LogP contribution is -1.71. The van der Waals surface area contributed by atoms with E-state index in [4.69, 9.17) is 0 Å². The lowest BCUT2D eigenvalue weighted by molar-refractivity contribution is 0.482. The third-order valence-corrected chi connectivity index (χ3v) is 2.02. The number of aromatic nitrogens is 2. The zero-order valence-electron chi connectivity index (χ0n) is 5.76. The Hall–Kier alpha value is -1.56. The molecule has 0 amide bonds. The van der Waals surface area contributed by atoms with Crippen molar-refractivity contribution in [3.8, 4) is 5.75 Å². The summed E-state index contributed by atoms with van der Waals surface area (Å²) >= 11 is 0.983. The maximum atomic E-state index is 10.1. The Kier molecular flexibility index (Phi) is 1.47. The van der Waals surface area contributed by atoms with Gasteiger partial charge in [-0.1, -0.05) is 0 Å². The summed E-state index contributed by atoms with van der Waals surface area (Å²) in [4.78, 5) is 10.1. The number of nitrogens with zero attached hydrogens (tertiary/aromatic N) is 3. The smallest absolute Gasteiger partial charge is 0.174 e. The van der Waals surface area contributed by atoms with Crippen molar-refractivity contribution < 1.29 is 5.11 Å². The Labute approximate surface area is 71.0 Å². The molecule has 2 aromatic rings. The second-order valence-corrected chi connectivity index (χ2v) is 2.68. The molecule has 0 aliphatic rings. The van der Waals surface area contributed by atoms with Gasteiger partial charge >= 0.3 is 0 Å². The first kappa shape index (κ1) is 7.11. The lowest BCUT2D eigenvalue weighted by atomic mass is 10.2. The summed E-state index contributed by atoms with van der Waals surface area (Å²) in [6.07, 6.45) is 0. The number of hydrogen-bond donors (Lipinski definition) is 1. The molecule has 0 unspecified atom stereocenters. The number of aromatic hydroxyl groups is 1. The van der Waals surface area contributed by atoms with Crippen molar-refractivity contribution in [2.45, 2.75) is 0 Å². The Morgan fingerprint density at radius 2 is 2.25 bits per heavy atom. The van der Waals surface area contributed by atoms with Crippen molar-refractivity contribution in [2.24, 2.45) is 5.18 Å². The van der Waals surface area contributed by atoms with Gasteiger partial charge in [0, 0.05) is 0 Å². The summed E-state index contributed by atoms with van der Waals surface area (Å²) in [5, 5.41) is 12.0. The monoisotopic (exact) mass is 181 g/mol. The van der Waals surface area contributed by atoms with Gasteiger partial charge in [0.15, 0.2) is 11.4 Å². The molecule has 0 radical (unpaired) electrons. The number of phenolic OH excluding ortho intramolecular Hbond substituents is 1. The molecule has 60 valence electrons. The molecule has 0 saturated heterocycles. The standard InChI is InChI=1S/C6H3N3O2S/c10-6-4(7-11)2-1-3-5(6)9-12-8-3/h1-2,10H. The summed E-state index contributed by atoms with van der Waals surface area (Å²) in [5.41, 5.74) is 0.900. The van der Waals surface area contributed by atoms with Gasteiger partial charge in [0.2, 0.25) is 0 Å². The Morgan fingerprint density at radius 3 is 3.00 bits per heavy atom. The van der Waals surface area contributed by atoms with Gasteiger partial charge in [0.25, 0.3) is 0 Å². The normalized spacial score (nSPS) is 10.3. The molecular weight excluding hydrogens is 178 g/mol. The van der Waals surface area contributed by atoms with Gasteiger partial charge in [-0.2, -0.15) is 8.75 Å². The first-order chi connectivity index (χ1) is 5.83. The molecule has 5 nitrogen and oxygen atoms in total. The number of benzene rings is 1. The zero-order valence-corrected chi connectivity index (χ0v) is 6.58. The van der Waals surface area contributed by atoms with Crippen molar-refractivity contribution >= 4 is 28.4 Å². The van der Waals surface area contributed by atoms with Crippen LogP contribution in [0, 0.1) is 4.91 Å². The zero-order chi connectivity index (χ0) is 8.55. The number of phenols is 1. The third kappa shape index (κ3) is 0.850. The topological polar surface area (TPSA) is 75.4 Å². The highest BCUT2D eigenvalue weighted by molar-refractivity contribution is 7.00. The van der Waals surface area contributed by atoms with E-state index in [2.05, 4.69) is 13.9 Å². The van der Waals surface area contributed by atoms with Crippen LogP contribution in [0.1, 0.15) is 0 Å². The van der Waals surface area contributed by atoms with E-state index in [0.717, 1.165) is 11.7 Å². The molecule has 2 rings (SSSR count). The Morgan fingerprint density at radius 1 is 1.42 bits per heavy atom. The number of nitroso groups, excluding NO2 is 1. The highest BCUT2D eigenvalue weighted by Gasteiger charge is 2.09. The van der Waals surface area contributed by atoms with Crippen molar-refractivity contribution in [2.75, 3.05) is 0 Å². The van der Waals surface area contributed by atoms with Crippen molar-refractivity contribution in [1.82, 2.24) is 8.75 Å². The fourth-order valence-electron chi connectivity index (χ4n) is 0.901. The minimum atomic E-state index is -0.198. The van der Waals surface area contributed by atoms with Gasteiger partial charge in [-0.3, -0.25) is 0 Å². The maximum Gasteiger partial charge on any atom is 0.174 e.